The van der Waals surface area contributed by atoms with Crippen LogP contribution in [-0.4, -0.2) is 9.13 Å². The van der Waals surface area contributed by atoms with Gasteiger partial charge in [0.25, 0.3) is 0 Å². The van der Waals surface area contributed by atoms with Gasteiger partial charge in [-0.2, -0.15) is 0 Å². The van der Waals surface area contributed by atoms with Crippen LogP contribution in [0.3, 0.4) is 0 Å². The van der Waals surface area contributed by atoms with Crippen molar-refractivity contribution in [2.75, 3.05) is 0 Å². The first kappa shape index (κ1) is 26.9. The molecule has 228 valence electrons. The number of para-hydroxylation sites is 2. The van der Waals surface area contributed by atoms with Crippen LogP contribution in [0, 0.1) is 0 Å². The van der Waals surface area contributed by atoms with E-state index in [9.17, 15) is 0 Å². The average Bonchev–Trinajstić information content (AvgIpc) is 3.82. The van der Waals surface area contributed by atoms with E-state index >= 15 is 0 Å². The molecule has 2 nitrogen and oxygen atoms in total. The van der Waals surface area contributed by atoms with Crippen molar-refractivity contribution in [3.63, 3.8) is 0 Å². The number of thiophene rings is 1. The van der Waals surface area contributed by atoms with E-state index in [-0.39, 0.29) is 0 Å². The van der Waals surface area contributed by atoms with Gasteiger partial charge in [-0.1, -0.05) is 109 Å². The molecule has 0 fully saturated rings. The van der Waals surface area contributed by atoms with Gasteiger partial charge >= 0.3 is 0 Å². The molecule has 0 bridgehead atoms. The second-order valence-electron chi connectivity index (χ2n) is 12.9. The van der Waals surface area contributed by atoms with Gasteiger partial charge < -0.3 is 9.13 Å². The van der Waals surface area contributed by atoms with Crippen LogP contribution in [0.5, 0.6) is 0 Å². The van der Waals surface area contributed by atoms with Crippen LogP contribution in [0.4, 0.5) is 0 Å². The molecule has 49 heavy (non-hydrogen) atoms. The van der Waals surface area contributed by atoms with Crippen LogP contribution in [-0.2, 0) is 0 Å². The van der Waals surface area contributed by atoms with Crippen molar-refractivity contribution in [2.45, 2.75) is 0 Å². The summed E-state index contributed by atoms with van der Waals surface area (Å²) < 4.78 is 7.54. The van der Waals surface area contributed by atoms with E-state index in [0.717, 1.165) is 0 Å². The Kier molecular flexibility index (Phi) is 5.57. The van der Waals surface area contributed by atoms with Crippen LogP contribution >= 0.6 is 11.3 Å². The first-order valence-corrected chi connectivity index (χ1v) is 17.6. The molecule has 0 N–H and O–H groups in total. The first-order valence-electron chi connectivity index (χ1n) is 16.8. The van der Waals surface area contributed by atoms with Crippen molar-refractivity contribution in [1.29, 1.82) is 0 Å². The summed E-state index contributed by atoms with van der Waals surface area (Å²) in [5, 5.41) is 10.2. The zero-order valence-electron chi connectivity index (χ0n) is 26.5. The summed E-state index contributed by atoms with van der Waals surface area (Å²) in [5.41, 5.74) is 9.77. The summed E-state index contributed by atoms with van der Waals surface area (Å²) in [7, 11) is 0. The van der Waals surface area contributed by atoms with Crippen molar-refractivity contribution in [2.24, 2.45) is 0 Å². The Morgan fingerprint density at radius 2 is 1.00 bits per heavy atom. The molecule has 0 aliphatic heterocycles. The Balaban J connectivity index is 1.20. The maximum Gasteiger partial charge on any atom is 0.0619 e. The molecule has 3 heteroatoms. The molecule has 0 saturated heterocycles. The summed E-state index contributed by atoms with van der Waals surface area (Å²) in [5.74, 6) is 0. The van der Waals surface area contributed by atoms with E-state index in [4.69, 9.17) is 0 Å². The molecular formula is C46H28N2S. The predicted molar refractivity (Wildman–Crippen MR) is 211 cm³/mol. The second-order valence-corrected chi connectivity index (χ2v) is 14.0. The van der Waals surface area contributed by atoms with Gasteiger partial charge in [0.15, 0.2) is 0 Å². The zero-order chi connectivity index (χ0) is 32.1. The number of hydrogen-bond donors (Lipinski definition) is 0. The molecule has 0 aliphatic rings. The van der Waals surface area contributed by atoms with Gasteiger partial charge in [-0.3, -0.25) is 0 Å². The molecule has 0 aliphatic carbocycles. The molecule has 0 unspecified atom stereocenters. The zero-order valence-corrected chi connectivity index (χ0v) is 27.3. The summed E-state index contributed by atoms with van der Waals surface area (Å²) in [6, 6.07) is 62.4. The standard InChI is InChI=1S/C46H28N2S/c1-2-12-32(13-3-1)47-39-17-8-6-15-34(39)37-27-30(22-25-40(37)47)31-23-26-41-38(28-31)35-24-21-29-11-4-5-14-33(29)46(35)48(41)42-18-10-20-44-45(42)36-16-7-9-19-43(36)49-44/h1-28H. The number of rotatable bonds is 3. The van der Waals surface area contributed by atoms with E-state index in [1.165, 1.54) is 97.1 Å². The first-order chi connectivity index (χ1) is 24.3. The maximum atomic E-state index is 2.52. The Hall–Kier alpha value is -6.16. The minimum absolute atomic E-state index is 1.18. The van der Waals surface area contributed by atoms with Crippen molar-refractivity contribution >= 4 is 85.9 Å². The molecule has 11 aromatic rings. The molecule has 0 radical (unpaired) electrons. The monoisotopic (exact) mass is 640 g/mol. The highest BCUT2D eigenvalue weighted by atomic mass is 32.1. The fourth-order valence-electron chi connectivity index (χ4n) is 8.16. The Labute approximate surface area is 286 Å². The third-order valence-electron chi connectivity index (χ3n) is 10.3. The Morgan fingerprint density at radius 3 is 1.84 bits per heavy atom. The van der Waals surface area contributed by atoms with Gasteiger partial charge in [-0.05, 0) is 77.2 Å². The van der Waals surface area contributed by atoms with Crippen LogP contribution in [0.15, 0.2) is 170 Å². The van der Waals surface area contributed by atoms with Crippen molar-refractivity contribution in [3.05, 3.63) is 170 Å². The Bertz CT molecular complexity index is 3100. The average molecular weight is 641 g/mol. The minimum atomic E-state index is 1.18. The lowest BCUT2D eigenvalue weighted by Crippen LogP contribution is -1.95. The lowest BCUT2D eigenvalue weighted by molar-refractivity contribution is 1.18. The lowest BCUT2D eigenvalue weighted by atomic mass is 10.00. The fourth-order valence-corrected chi connectivity index (χ4v) is 9.29. The summed E-state index contributed by atoms with van der Waals surface area (Å²) >= 11 is 1.87. The van der Waals surface area contributed by atoms with E-state index in [0.29, 0.717) is 0 Å². The molecule has 0 amide bonds. The fraction of sp³-hybridized carbons (Fsp3) is 0. The Morgan fingerprint density at radius 1 is 0.367 bits per heavy atom. The number of benzene rings is 8. The van der Waals surface area contributed by atoms with Gasteiger partial charge in [0.05, 0.1) is 27.8 Å². The molecule has 3 heterocycles. The molecule has 3 aromatic heterocycles. The van der Waals surface area contributed by atoms with E-state index in [2.05, 4.69) is 179 Å². The molecular weight excluding hydrogens is 613 g/mol. The summed E-state index contributed by atoms with van der Waals surface area (Å²) in [6.45, 7) is 0. The lowest BCUT2D eigenvalue weighted by Gasteiger charge is -2.12. The van der Waals surface area contributed by atoms with E-state index in [1.54, 1.807) is 0 Å². The second kappa shape index (κ2) is 10.2. The SMILES string of the molecule is c1ccc(-n2c3ccccc3c3cc(-c4ccc5c(c4)c4ccc6ccccc6c4n5-c4cccc5sc6ccccc6c45)ccc32)cc1. The van der Waals surface area contributed by atoms with Crippen molar-refractivity contribution < 1.29 is 0 Å². The number of hydrogen-bond acceptors (Lipinski definition) is 1. The number of nitrogens with zero attached hydrogens (tertiary/aromatic N) is 2. The third kappa shape index (κ3) is 3.82. The highest BCUT2D eigenvalue weighted by Crippen LogP contribution is 2.44. The van der Waals surface area contributed by atoms with Crippen molar-refractivity contribution in [3.8, 4) is 22.5 Å². The maximum absolute atomic E-state index is 2.52. The van der Waals surface area contributed by atoms with Crippen LogP contribution in [0.1, 0.15) is 0 Å². The summed E-state index contributed by atoms with van der Waals surface area (Å²) in [6.07, 6.45) is 0. The molecule has 0 spiro atoms. The van der Waals surface area contributed by atoms with Crippen LogP contribution in [0.2, 0.25) is 0 Å². The predicted octanol–water partition coefficient (Wildman–Crippen LogP) is 13.1. The quantitative estimate of drug-likeness (QED) is 0.182. The topological polar surface area (TPSA) is 9.86 Å². The van der Waals surface area contributed by atoms with E-state index < -0.39 is 0 Å². The van der Waals surface area contributed by atoms with Gasteiger partial charge in [0.1, 0.15) is 0 Å². The number of aromatic nitrogens is 2. The third-order valence-corrected chi connectivity index (χ3v) is 11.4. The van der Waals surface area contributed by atoms with E-state index in [1.807, 2.05) is 11.3 Å². The summed E-state index contributed by atoms with van der Waals surface area (Å²) in [4.78, 5) is 0. The molecule has 0 saturated carbocycles. The van der Waals surface area contributed by atoms with Crippen LogP contribution < -0.4 is 0 Å². The van der Waals surface area contributed by atoms with Gasteiger partial charge in [-0.25, -0.2) is 0 Å². The number of fused-ring (bicyclic) bond motifs is 11. The molecule has 11 rings (SSSR count). The normalized spacial score (nSPS) is 12.1. The highest BCUT2D eigenvalue weighted by molar-refractivity contribution is 7.25. The van der Waals surface area contributed by atoms with Gasteiger partial charge in [0.2, 0.25) is 0 Å². The largest absolute Gasteiger partial charge is 0.309 e. The highest BCUT2D eigenvalue weighted by Gasteiger charge is 2.20. The smallest absolute Gasteiger partial charge is 0.0619 e. The molecule has 0 atom stereocenters. The molecule has 8 aromatic carbocycles. The minimum Gasteiger partial charge on any atom is -0.309 e. The van der Waals surface area contributed by atoms with Crippen molar-refractivity contribution in [1.82, 2.24) is 9.13 Å². The van der Waals surface area contributed by atoms with Crippen LogP contribution in [0.25, 0.3) is 97.1 Å². The van der Waals surface area contributed by atoms with Gasteiger partial charge in [0, 0.05) is 52.8 Å². The van der Waals surface area contributed by atoms with Gasteiger partial charge in [-0.15, -0.1) is 11.3 Å².